The molecule has 0 fully saturated rings. The number of rotatable bonds is 4. The molecule has 0 amide bonds. The van der Waals surface area contributed by atoms with Crippen molar-refractivity contribution >= 4 is 11.9 Å². The highest BCUT2D eigenvalue weighted by Crippen LogP contribution is 1.97. The molecule has 0 radical (unpaired) electrons. The van der Waals surface area contributed by atoms with Gasteiger partial charge in [0.25, 0.3) is 0 Å². The van der Waals surface area contributed by atoms with Crippen molar-refractivity contribution in [2.75, 3.05) is 0 Å². The van der Waals surface area contributed by atoms with E-state index in [9.17, 15) is 4.79 Å². The van der Waals surface area contributed by atoms with Crippen molar-refractivity contribution in [3.05, 3.63) is 92.6 Å². The first-order valence-corrected chi connectivity index (χ1v) is 5.79. The van der Waals surface area contributed by atoms with Gasteiger partial charge in [-0.1, -0.05) is 74.9 Å². The lowest BCUT2D eigenvalue weighted by Gasteiger charge is -1.85. The van der Waals surface area contributed by atoms with Crippen LogP contribution in [0.2, 0.25) is 0 Å². The second-order valence-electron chi connectivity index (χ2n) is 3.16. The fourth-order valence-electron chi connectivity index (χ4n) is 0.777. The summed E-state index contributed by atoms with van der Waals surface area (Å²) in [4.78, 5) is 10.2. The van der Waals surface area contributed by atoms with Gasteiger partial charge in [-0.15, -0.1) is 0 Å². The van der Waals surface area contributed by atoms with Crippen molar-refractivity contribution in [3.63, 3.8) is 0 Å². The number of carbonyl (C=O) groups excluding carboxylic acids is 1. The number of ketones is 1. The van der Waals surface area contributed by atoms with Crippen molar-refractivity contribution in [2.24, 2.45) is 0 Å². The van der Waals surface area contributed by atoms with E-state index in [1.54, 1.807) is 18.2 Å². The van der Waals surface area contributed by atoms with E-state index in [0.29, 0.717) is 0 Å². The Hall–Kier alpha value is -2.92. The highest BCUT2D eigenvalue weighted by Gasteiger charge is 1.80. The van der Waals surface area contributed by atoms with Gasteiger partial charge in [-0.2, -0.15) is 5.26 Å². The second-order valence-corrected chi connectivity index (χ2v) is 3.16. The van der Waals surface area contributed by atoms with Crippen LogP contribution < -0.4 is 0 Å². The first kappa shape index (κ1) is 19.4. The third-order valence-electron chi connectivity index (χ3n) is 1.73. The molecule has 0 atom stereocenters. The van der Waals surface area contributed by atoms with Crippen LogP contribution in [-0.2, 0) is 4.79 Å². The average molecular weight is 265 g/mol. The van der Waals surface area contributed by atoms with Gasteiger partial charge in [-0.3, -0.25) is 4.79 Å². The predicted octanol–water partition coefficient (Wildman–Crippen LogP) is 4.51. The molecule has 0 aromatic heterocycles. The van der Waals surface area contributed by atoms with E-state index in [1.807, 2.05) is 36.4 Å². The number of allylic oxidation sites excluding steroid dienone is 5. The van der Waals surface area contributed by atoms with Crippen LogP contribution in [0.4, 0.5) is 0 Å². The second kappa shape index (κ2) is 16.1. The highest BCUT2D eigenvalue weighted by atomic mass is 16.1. The Balaban J connectivity index is 0. The Labute approximate surface area is 121 Å². The summed E-state index contributed by atoms with van der Waals surface area (Å²) >= 11 is 0. The molecule has 1 rings (SSSR count). The maximum Gasteiger partial charge on any atom is 0.178 e. The summed E-state index contributed by atoms with van der Waals surface area (Å²) in [5.74, 6) is -0.244. The standard InChI is InChI=1S/C8H8.C6H5NO.C4H6/c1-2-8-6-4-3-5-7-8;1-2-6(8)4-3-5-7;1-3-4-2/h2-7H,1H2;2-4H,1H2;3-4H,1-2H2. The zero-order chi connectivity index (χ0) is 15.6. The monoisotopic (exact) mass is 265 g/mol. The lowest BCUT2D eigenvalue weighted by molar-refractivity contribution is -0.110. The minimum absolute atomic E-state index is 0.244. The summed E-state index contributed by atoms with van der Waals surface area (Å²) in [5, 5.41) is 7.89. The minimum atomic E-state index is -0.244. The number of benzene rings is 1. The predicted molar refractivity (Wildman–Crippen MR) is 86.9 cm³/mol. The average Bonchev–Trinajstić information content (AvgIpc) is 2.54. The number of nitriles is 1. The first-order chi connectivity index (χ1) is 9.65. The molecular formula is C18H19NO. The molecular weight excluding hydrogens is 246 g/mol. The number of nitrogens with zero attached hydrogens (tertiary/aromatic N) is 1. The fourth-order valence-corrected chi connectivity index (χ4v) is 0.777. The van der Waals surface area contributed by atoms with Gasteiger partial charge >= 0.3 is 0 Å². The van der Waals surface area contributed by atoms with Gasteiger partial charge in [0.15, 0.2) is 5.78 Å². The van der Waals surface area contributed by atoms with Crippen molar-refractivity contribution in [2.45, 2.75) is 0 Å². The molecule has 0 aliphatic heterocycles. The zero-order valence-corrected chi connectivity index (χ0v) is 11.5. The molecule has 0 saturated heterocycles. The van der Waals surface area contributed by atoms with Crippen LogP contribution in [0.15, 0.2) is 87.0 Å². The molecule has 2 nitrogen and oxygen atoms in total. The molecule has 0 heterocycles. The maximum absolute atomic E-state index is 10.2. The molecule has 0 bridgehead atoms. The van der Waals surface area contributed by atoms with Crippen LogP contribution in [0.3, 0.4) is 0 Å². The van der Waals surface area contributed by atoms with E-state index in [2.05, 4.69) is 26.3 Å². The summed E-state index contributed by atoms with van der Waals surface area (Å²) < 4.78 is 0. The smallest absolute Gasteiger partial charge is 0.178 e. The summed E-state index contributed by atoms with van der Waals surface area (Å²) in [6.45, 7) is 13.6. The van der Waals surface area contributed by atoms with Gasteiger partial charge in [0.2, 0.25) is 0 Å². The molecule has 1 aromatic carbocycles. The molecule has 0 unspecified atom stereocenters. The molecule has 1 aromatic rings. The van der Waals surface area contributed by atoms with Gasteiger partial charge in [-0.05, 0) is 17.7 Å². The topological polar surface area (TPSA) is 40.9 Å². The Morgan fingerprint density at radius 2 is 1.60 bits per heavy atom. The van der Waals surface area contributed by atoms with Crippen LogP contribution in [0.5, 0.6) is 0 Å². The van der Waals surface area contributed by atoms with Crippen LogP contribution >= 0.6 is 0 Å². The first-order valence-electron chi connectivity index (χ1n) is 5.79. The van der Waals surface area contributed by atoms with Crippen LogP contribution in [0, 0.1) is 11.3 Å². The zero-order valence-electron chi connectivity index (χ0n) is 11.5. The van der Waals surface area contributed by atoms with Crippen molar-refractivity contribution in [3.8, 4) is 6.07 Å². The normalized spacial score (nSPS) is 7.75. The van der Waals surface area contributed by atoms with Gasteiger partial charge in [-0.25, -0.2) is 0 Å². The molecule has 0 aliphatic rings. The molecule has 0 aliphatic carbocycles. The van der Waals surface area contributed by atoms with E-state index in [-0.39, 0.29) is 5.78 Å². The third kappa shape index (κ3) is 15.1. The molecule has 0 saturated carbocycles. The number of hydrogen-bond acceptors (Lipinski definition) is 2. The highest BCUT2D eigenvalue weighted by molar-refractivity contribution is 5.98. The van der Waals surface area contributed by atoms with Crippen LogP contribution in [0.1, 0.15) is 5.56 Å². The summed E-state index contributed by atoms with van der Waals surface area (Å²) in [5.41, 5.74) is 1.17. The van der Waals surface area contributed by atoms with Gasteiger partial charge in [0.1, 0.15) is 0 Å². The lowest BCUT2D eigenvalue weighted by atomic mass is 10.2. The third-order valence-corrected chi connectivity index (χ3v) is 1.73. The fraction of sp³-hybridized carbons (Fsp3) is 0. The van der Waals surface area contributed by atoms with Gasteiger partial charge in [0.05, 0.1) is 6.07 Å². The molecule has 0 N–H and O–H groups in total. The van der Waals surface area contributed by atoms with Crippen molar-refractivity contribution in [1.82, 2.24) is 0 Å². The summed E-state index contributed by atoms with van der Waals surface area (Å²) in [6, 6.07) is 11.7. The molecule has 2 heteroatoms. The Bertz CT molecular complexity index is 484. The number of carbonyl (C=O) groups is 1. The maximum atomic E-state index is 10.2. The molecule has 0 spiro atoms. The quantitative estimate of drug-likeness (QED) is 0.456. The van der Waals surface area contributed by atoms with Gasteiger partial charge < -0.3 is 0 Å². The Morgan fingerprint density at radius 3 is 1.90 bits per heavy atom. The van der Waals surface area contributed by atoms with E-state index < -0.39 is 0 Å². The number of hydrogen-bond donors (Lipinski definition) is 0. The largest absolute Gasteiger partial charge is 0.290 e. The minimum Gasteiger partial charge on any atom is -0.290 e. The van der Waals surface area contributed by atoms with Gasteiger partial charge in [0, 0.05) is 6.08 Å². The Kier molecular flexibility index (Phi) is 15.6. The van der Waals surface area contributed by atoms with Crippen LogP contribution in [-0.4, -0.2) is 5.78 Å². The van der Waals surface area contributed by atoms with Crippen molar-refractivity contribution in [1.29, 1.82) is 5.26 Å². The van der Waals surface area contributed by atoms with Crippen molar-refractivity contribution < 1.29 is 4.79 Å². The van der Waals surface area contributed by atoms with E-state index in [0.717, 1.165) is 18.2 Å². The molecule has 102 valence electrons. The molecule has 20 heavy (non-hydrogen) atoms. The summed E-state index contributed by atoms with van der Waals surface area (Å²) in [6.07, 6.45) is 8.53. The Morgan fingerprint density at radius 1 is 1.05 bits per heavy atom. The SMILES string of the molecule is C=CC(=O)C=CC#N.C=CC=C.C=Cc1ccccc1. The van der Waals surface area contributed by atoms with E-state index >= 15 is 0 Å². The van der Waals surface area contributed by atoms with E-state index in [4.69, 9.17) is 5.26 Å². The van der Waals surface area contributed by atoms with E-state index in [1.165, 1.54) is 5.56 Å². The summed E-state index contributed by atoms with van der Waals surface area (Å²) in [7, 11) is 0. The van der Waals surface area contributed by atoms with Crippen LogP contribution in [0.25, 0.3) is 6.08 Å². The lowest BCUT2D eigenvalue weighted by Crippen LogP contribution is -1.80.